The monoisotopic (exact) mass is 290 g/mol. The number of ether oxygens (including phenoxy) is 2. The number of halogens is 1. The van der Waals surface area contributed by atoms with Gasteiger partial charge in [-0.15, -0.1) is 0 Å². The Labute approximate surface area is 121 Å². The van der Waals surface area contributed by atoms with Crippen molar-refractivity contribution in [1.82, 2.24) is 0 Å². The Bertz CT molecular complexity index is 623. The Hall–Kier alpha value is -2.40. The van der Waals surface area contributed by atoms with Crippen LogP contribution in [-0.2, 0) is 18.0 Å². The summed E-state index contributed by atoms with van der Waals surface area (Å²) in [6, 6.07) is 11.0. The summed E-state index contributed by atoms with van der Waals surface area (Å²) in [6.07, 6.45) is 0. The van der Waals surface area contributed by atoms with Crippen molar-refractivity contribution in [1.29, 1.82) is 0 Å². The lowest BCUT2D eigenvalue weighted by atomic mass is 10.1. The number of rotatable bonds is 6. The summed E-state index contributed by atoms with van der Waals surface area (Å²) in [5, 5.41) is 9.03. The van der Waals surface area contributed by atoms with Crippen LogP contribution >= 0.6 is 0 Å². The molecule has 21 heavy (non-hydrogen) atoms. The third-order valence-electron chi connectivity index (χ3n) is 2.99. The molecule has 110 valence electrons. The third kappa shape index (κ3) is 4.03. The predicted octanol–water partition coefficient (Wildman–Crippen LogP) is 3.25. The summed E-state index contributed by atoms with van der Waals surface area (Å²) in [5.41, 5.74) is 1.30. The van der Waals surface area contributed by atoms with Gasteiger partial charge in [-0.3, -0.25) is 0 Å². The lowest BCUT2D eigenvalue weighted by Crippen LogP contribution is -2.05. The van der Waals surface area contributed by atoms with Gasteiger partial charge in [-0.25, -0.2) is 9.18 Å². The van der Waals surface area contributed by atoms with Crippen molar-refractivity contribution in [2.75, 3.05) is 7.11 Å². The molecule has 2 aromatic carbocycles. The van der Waals surface area contributed by atoms with Gasteiger partial charge in [0.1, 0.15) is 11.6 Å². The van der Waals surface area contributed by atoms with E-state index in [1.807, 2.05) is 24.3 Å². The molecule has 0 saturated carbocycles. The molecule has 0 fully saturated rings. The highest BCUT2D eigenvalue weighted by Gasteiger charge is 2.11. The molecule has 0 radical (unpaired) electrons. The number of methoxy groups -OCH3 is 1. The molecule has 0 saturated heterocycles. The average molecular weight is 290 g/mol. The van der Waals surface area contributed by atoms with Gasteiger partial charge in [-0.05, 0) is 35.4 Å². The minimum absolute atomic E-state index is 0.0790. The zero-order valence-electron chi connectivity index (χ0n) is 11.5. The van der Waals surface area contributed by atoms with Gasteiger partial charge < -0.3 is 14.6 Å². The lowest BCUT2D eigenvalue weighted by Gasteiger charge is -2.08. The fraction of sp³-hybridized carbons (Fsp3) is 0.188. The standard InChI is InChI=1S/C16H15FO4/c1-20-14-6-2-11(3-7-14)9-21-10-12-4-5-13(17)8-15(12)16(18)19/h2-8H,9-10H2,1H3,(H,18,19). The largest absolute Gasteiger partial charge is 0.497 e. The molecule has 2 rings (SSSR count). The molecule has 5 heteroatoms. The number of benzene rings is 2. The van der Waals surface area contributed by atoms with Crippen LogP contribution in [0.15, 0.2) is 42.5 Å². The predicted molar refractivity (Wildman–Crippen MR) is 74.8 cm³/mol. The molecular weight excluding hydrogens is 275 g/mol. The summed E-state index contributed by atoms with van der Waals surface area (Å²) >= 11 is 0. The van der Waals surface area contributed by atoms with Crippen molar-refractivity contribution < 1.29 is 23.8 Å². The molecule has 1 N–H and O–H groups in total. The second-order valence-corrected chi connectivity index (χ2v) is 4.45. The molecule has 0 aliphatic rings. The fourth-order valence-electron chi connectivity index (χ4n) is 1.87. The number of hydrogen-bond donors (Lipinski definition) is 1. The number of carboxylic acid groups (broad SMARTS) is 1. The number of carbonyl (C=O) groups is 1. The van der Waals surface area contributed by atoms with Gasteiger partial charge in [0.2, 0.25) is 0 Å². The fourth-order valence-corrected chi connectivity index (χ4v) is 1.87. The number of hydrogen-bond acceptors (Lipinski definition) is 3. The molecule has 4 nitrogen and oxygen atoms in total. The molecule has 0 heterocycles. The van der Waals surface area contributed by atoms with E-state index >= 15 is 0 Å². The van der Waals surface area contributed by atoms with Crippen LogP contribution < -0.4 is 4.74 Å². The highest BCUT2D eigenvalue weighted by Crippen LogP contribution is 2.15. The number of carboxylic acids is 1. The van der Waals surface area contributed by atoms with Crippen molar-refractivity contribution in [3.63, 3.8) is 0 Å². The van der Waals surface area contributed by atoms with E-state index in [4.69, 9.17) is 14.6 Å². The molecule has 0 unspecified atom stereocenters. The quantitative estimate of drug-likeness (QED) is 0.887. The van der Waals surface area contributed by atoms with Crippen LogP contribution in [0.3, 0.4) is 0 Å². The minimum atomic E-state index is -1.17. The molecule has 2 aromatic rings. The van der Waals surface area contributed by atoms with Crippen molar-refractivity contribution in [3.05, 3.63) is 65.0 Å². The molecule has 0 aliphatic carbocycles. The SMILES string of the molecule is COc1ccc(COCc2ccc(F)cc2C(=O)O)cc1. The molecule has 0 bridgehead atoms. The van der Waals surface area contributed by atoms with Crippen molar-refractivity contribution in [2.24, 2.45) is 0 Å². The first-order valence-corrected chi connectivity index (χ1v) is 6.32. The molecule has 0 aliphatic heterocycles. The van der Waals surface area contributed by atoms with E-state index < -0.39 is 11.8 Å². The van der Waals surface area contributed by atoms with Crippen LogP contribution in [0.1, 0.15) is 21.5 Å². The zero-order valence-corrected chi connectivity index (χ0v) is 11.5. The van der Waals surface area contributed by atoms with Crippen LogP contribution in [0.2, 0.25) is 0 Å². The van der Waals surface area contributed by atoms with Gasteiger partial charge in [-0.2, -0.15) is 0 Å². The Morgan fingerprint density at radius 3 is 2.48 bits per heavy atom. The molecule has 0 spiro atoms. The van der Waals surface area contributed by atoms with Crippen molar-refractivity contribution >= 4 is 5.97 Å². The Kier molecular flexibility index (Phi) is 4.90. The first-order chi connectivity index (χ1) is 10.1. The van der Waals surface area contributed by atoms with Crippen molar-refractivity contribution in [3.8, 4) is 5.75 Å². The smallest absolute Gasteiger partial charge is 0.336 e. The number of aromatic carboxylic acids is 1. The first-order valence-electron chi connectivity index (χ1n) is 6.32. The topological polar surface area (TPSA) is 55.8 Å². The molecule has 0 aromatic heterocycles. The van der Waals surface area contributed by atoms with E-state index in [9.17, 15) is 9.18 Å². The second-order valence-electron chi connectivity index (χ2n) is 4.45. The van der Waals surface area contributed by atoms with Gasteiger partial charge in [0.15, 0.2) is 0 Å². The van der Waals surface area contributed by atoms with E-state index in [-0.39, 0.29) is 12.2 Å². The average Bonchev–Trinajstić information content (AvgIpc) is 2.49. The van der Waals surface area contributed by atoms with E-state index in [0.29, 0.717) is 12.2 Å². The third-order valence-corrected chi connectivity index (χ3v) is 2.99. The van der Waals surface area contributed by atoms with Gasteiger partial charge >= 0.3 is 5.97 Å². The normalized spacial score (nSPS) is 10.4. The van der Waals surface area contributed by atoms with Gasteiger partial charge in [0, 0.05) is 0 Å². The zero-order chi connectivity index (χ0) is 15.2. The second kappa shape index (κ2) is 6.85. The maximum atomic E-state index is 13.1. The maximum absolute atomic E-state index is 13.1. The molecule has 0 amide bonds. The minimum Gasteiger partial charge on any atom is -0.497 e. The molecule has 0 atom stereocenters. The van der Waals surface area contributed by atoms with E-state index in [1.54, 1.807) is 7.11 Å². The summed E-state index contributed by atoms with van der Waals surface area (Å²) in [4.78, 5) is 11.0. The van der Waals surface area contributed by atoms with E-state index in [1.165, 1.54) is 12.1 Å². The lowest BCUT2D eigenvalue weighted by molar-refractivity contribution is 0.0683. The highest BCUT2D eigenvalue weighted by molar-refractivity contribution is 5.89. The maximum Gasteiger partial charge on any atom is 0.336 e. The molecular formula is C16H15FO4. The van der Waals surface area contributed by atoms with Crippen LogP contribution in [-0.4, -0.2) is 18.2 Å². The summed E-state index contributed by atoms with van der Waals surface area (Å²) in [6.45, 7) is 0.439. The van der Waals surface area contributed by atoms with E-state index in [0.717, 1.165) is 17.4 Å². The van der Waals surface area contributed by atoms with Crippen molar-refractivity contribution in [2.45, 2.75) is 13.2 Å². The van der Waals surface area contributed by atoms with Gasteiger partial charge in [0.05, 0.1) is 25.9 Å². The van der Waals surface area contributed by atoms with Crippen LogP contribution in [0, 0.1) is 5.82 Å². The Morgan fingerprint density at radius 1 is 1.14 bits per heavy atom. The van der Waals surface area contributed by atoms with Crippen LogP contribution in [0.4, 0.5) is 4.39 Å². The first kappa shape index (κ1) is 15.0. The highest BCUT2D eigenvalue weighted by atomic mass is 19.1. The Balaban J connectivity index is 1.98. The van der Waals surface area contributed by atoms with Gasteiger partial charge in [0.25, 0.3) is 0 Å². The van der Waals surface area contributed by atoms with E-state index in [2.05, 4.69) is 0 Å². The summed E-state index contributed by atoms with van der Waals surface area (Å²) < 4.78 is 23.6. The van der Waals surface area contributed by atoms with Crippen LogP contribution in [0.25, 0.3) is 0 Å². The summed E-state index contributed by atoms with van der Waals surface area (Å²) in [7, 11) is 1.59. The Morgan fingerprint density at radius 2 is 1.86 bits per heavy atom. The van der Waals surface area contributed by atoms with Gasteiger partial charge in [-0.1, -0.05) is 18.2 Å². The van der Waals surface area contributed by atoms with Crippen LogP contribution in [0.5, 0.6) is 5.75 Å². The summed E-state index contributed by atoms with van der Waals surface area (Å²) in [5.74, 6) is -0.991.